The molecule has 1 rings (SSSR count). The molecular formula is C24H40N2O2. The van der Waals surface area contributed by atoms with E-state index in [0.29, 0.717) is 24.2 Å². The summed E-state index contributed by atoms with van der Waals surface area (Å²) < 4.78 is 0. The first-order valence-corrected chi connectivity index (χ1v) is 11.4. The second-order valence-electron chi connectivity index (χ2n) is 7.64. The molecule has 0 saturated heterocycles. The van der Waals surface area contributed by atoms with E-state index in [1.54, 1.807) is 12.1 Å². The third-order valence-corrected chi connectivity index (χ3v) is 4.99. The van der Waals surface area contributed by atoms with E-state index in [9.17, 15) is 9.59 Å². The van der Waals surface area contributed by atoms with Gasteiger partial charge in [-0.15, -0.1) is 0 Å². The molecule has 0 heterocycles. The minimum absolute atomic E-state index is 0.00772. The molecule has 0 bridgehead atoms. The summed E-state index contributed by atoms with van der Waals surface area (Å²) in [6, 6.07) is 7.21. The number of unbranched alkanes of at least 4 members (excludes halogenated alkanes) is 10. The molecule has 0 spiro atoms. The minimum atomic E-state index is -0.132. The lowest BCUT2D eigenvalue weighted by molar-refractivity contribution is -0.116. The SMILES string of the molecule is CCCCCCCCCCCCCC(=O)Nc1ccccc1C(=O)NCCC. The predicted octanol–water partition coefficient (Wildman–Crippen LogP) is 6.47. The number of carbonyl (C=O) groups excluding carboxylic acids is 2. The molecule has 0 radical (unpaired) electrons. The highest BCUT2D eigenvalue weighted by atomic mass is 16.2. The second kappa shape index (κ2) is 16.1. The largest absolute Gasteiger partial charge is 0.352 e. The quantitative estimate of drug-likeness (QED) is 0.319. The average molecular weight is 389 g/mol. The predicted molar refractivity (Wildman–Crippen MR) is 119 cm³/mol. The zero-order valence-electron chi connectivity index (χ0n) is 18.0. The Hall–Kier alpha value is -1.84. The van der Waals surface area contributed by atoms with E-state index in [1.807, 2.05) is 19.1 Å². The van der Waals surface area contributed by atoms with Crippen molar-refractivity contribution in [3.63, 3.8) is 0 Å². The van der Waals surface area contributed by atoms with Crippen LogP contribution in [-0.4, -0.2) is 18.4 Å². The number of para-hydroxylation sites is 1. The lowest BCUT2D eigenvalue weighted by Gasteiger charge is -2.11. The van der Waals surface area contributed by atoms with Crippen molar-refractivity contribution in [2.75, 3.05) is 11.9 Å². The van der Waals surface area contributed by atoms with Crippen LogP contribution in [0.3, 0.4) is 0 Å². The summed E-state index contributed by atoms with van der Waals surface area (Å²) in [5.74, 6) is -0.140. The van der Waals surface area contributed by atoms with Gasteiger partial charge < -0.3 is 10.6 Å². The molecular weight excluding hydrogens is 348 g/mol. The summed E-state index contributed by atoms with van der Waals surface area (Å²) in [5, 5.41) is 5.77. The monoisotopic (exact) mass is 388 g/mol. The summed E-state index contributed by atoms with van der Waals surface area (Å²) in [4.78, 5) is 24.4. The molecule has 0 unspecified atom stereocenters. The number of benzene rings is 1. The van der Waals surface area contributed by atoms with Gasteiger partial charge in [-0.1, -0.05) is 90.2 Å². The molecule has 0 aliphatic heterocycles. The number of hydrogen-bond donors (Lipinski definition) is 2. The molecule has 0 aliphatic carbocycles. The molecule has 4 heteroatoms. The number of anilines is 1. The molecule has 0 aliphatic rings. The minimum Gasteiger partial charge on any atom is -0.352 e. The lowest BCUT2D eigenvalue weighted by atomic mass is 10.1. The van der Waals surface area contributed by atoms with Crippen molar-refractivity contribution < 1.29 is 9.59 Å². The van der Waals surface area contributed by atoms with Crippen molar-refractivity contribution in [3.05, 3.63) is 29.8 Å². The van der Waals surface area contributed by atoms with Gasteiger partial charge in [0.25, 0.3) is 5.91 Å². The Labute approximate surface area is 171 Å². The first-order chi connectivity index (χ1) is 13.7. The zero-order chi connectivity index (χ0) is 20.5. The molecule has 0 aromatic heterocycles. The maximum Gasteiger partial charge on any atom is 0.253 e. The average Bonchev–Trinajstić information content (AvgIpc) is 2.70. The fraction of sp³-hybridized carbons (Fsp3) is 0.667. The van der Waals surface area contributed by atoms with E-state index in [-0.39, 0.29) is 11.8 Å². The smallest absolute Gasteiger partial charge is 0.253 e. The molecule has 1 aromatic rings. The van der Waals surface area contributed by atoms with Gasteiger partial charge >= 0.3 is 0 Å². The Morgan fingerprint density at radius 1 is 0.750 bits per heavy atom. The van der Waals surface area contributed by atoms with Crippen molar-refractivity contribution in [2.24, 2.45) is 0 Å². The maximum atomic E-state index is 12.2. The molecule has 0 saturated carbocycles. The van der Waals surface area contributed by atoms with Crippen LogP contribution in [0.5, 0.6) is 0 Å². The highest BCUT2D eigenvalue weighted by molar-refractivity contribution is 6.03. The van der Waals surface area contributed by atoms with Crippen molar-refractivity contribution in [1.29, 1.82) is 0 Å². The van der Waals surface area contributed by atoms with Crippen LogP contribution in [0.2, 0.25) is 0 Å². The van der Waals surface area contributed by atoms with Crippen LogP contribution in [-0.2, 0) is 4.79 Å². The van der Waals surface area contributed by atoms with Crippen LogP contribution >= 0.6 is 0 Å². The molecule has 4 nitrogen and oxygen atoms in total. The zero-order valence-corrected chi connectivity index (χ0v) is 18.0. The molecule has 28 heavy (non-hydrogen) atoms. The van der Waals surface area contributed by atoms with Crippen molar-refractivity contribution in [1.82, 2.24) is 5.32 Å². The summed E-state index contributed by atoms with van der Waals surface area (Å²) in [6.07, 6.45) is 15.4. The van der Waals surface area contributed by atoms with Crippen molar-refractivity contribution >= 4 is 17.5 Å². The Morgan fingerprint density at radius 3 is 1.93 bits per heavy atom. The van der Waals surface area contributed by atoms with Gasteiger partial charge in [0.2, 0.25) is 5.91 Å². The second-order valence-corrected chi connectivity index (χ2v) is 7.64. The van der Waals surface area contributed by atoms with Crippen LogP contribution < -0.4 is 10.6 Å². The maximum absolute atomic E-state index is 12.2. The summed E-state index contributed by atoms with van der Waals surface area (Å²) in [7, 11) is 0. The van der Waals surface area contributed by atoms with Gasteiger partial charge in [-0.05, 0) is 25.0 Å². The van der Waals surface area contributed by atoms with E-state index in [4.69, 9.17) is 0 Å². The van der Waals surface area contributed by atoms with E-state index in [0.717, 1.165) is 19.3 Å². The van der Waals surface area contributed by atoms with Gasteiger partial charge in [0.05, 0.1) is 11.3 Å². The summed E-state index contributed by atoms with van der Waals surface area (Å²) in [5.41, 5.74) is 1.13. The van der Waals surface area contributed by atoms with E-state index < -0.39 is 0 Å². The standard InChI is InChI=1S/C24H40N2O2/c1-3-5-6-7-8-9-10-11-12-13-14-19-23(27)26-22-18-16-15-17-21(22)24(28)25-20-4-2/h15-18H,3-14,19-20H2,1-2H3,(H,25,28)(H,26,27). The normalized spacial score (nSPS) is 10.6. The van der Waals surface area contributed by atoms with E-state index in [1.165, 1.54) is 57.8 Å². The lowest BCUT2D eigenvalue weighted by Crippen LogP contribution is -2.25. The van der Waals surface area contributed by atoms with Crippen LogP contribution in [0.25, 0.3) is 0 Å². The Bertz CT molecular complexity index is 557. The highest BCUT2D eigenvalue weighted by Gasteiger charge is 2.12. The van der Waals surface area contributed by atoms with Gasteiger partial charge in [-0.3, -0.25) is 9.59 Å². The number of amides is 2. The fourth-order valence-corrected chi connectivity index (χ4v) is 3.29. The third kappa shape index (κ3) is 11.1. The topological polar surface area (TPSA) is 58.2 Å². The number of rotatable bonds is 16. The first-order valence-electron chi connectivity index (χ1n) is 11.4. The van der Waals surface area contributed by atoms with Gasteiger partial charge in [-0.2, -0.15) is 0 Å². The molecule has 158 valence electrons. The molecule has 1 aromatic carbocycles. The highest BCUT2D eigenvalue weighted by Crippen LogP contribution is 2.16. The molecule has 0 fully saturated rings. The number of carbonyl (C=O) groups is 2. The molecule has 0 atom stereocenters. The van der Waals surface area contributed by atoms with Crippen LogP contribution in [0.4, 0.5) is 5.69 Å². The third-order valence-electron chi connectivity index (χ3n) is 4.99. The van der Waals surface area contributed by atoms with Gasteiger partial charge in [0.15, 0.2) is 0 Å². The molecule has 2 amide bonds. The van der Waals surface area contributed by atoms with E-state index >= 15 is 0 Å². The Kier molecular flexibility index (Phi) is 14.0. The molecule has 2 N–H and O–H groups in total. The fourth-order valence-electron chi connectivity index (χ4n) is 3.29. The van der Waals surface area contributed by atoms with Crippen LogP contribution in [0.1, 0.15) is 108 Å². The van der Waals surface area contributed by atoms with Crippen molar-refractivity contribution in [2.45, 2.75) is 97.3 Å². The Morgan fingerprint density at radius 2 is 1.32 bits per heavy atom. The van der Waals surface area contributed by atoms with E-state index in [2.05, 4.69) is 17.6 Å². The van der Waals surface area contributed by atoms with Gasteiger partial charge in [-0.25, -0.2) is 0 Å². The number of nitrogens with one attached hydrogen (secondary N) is 2. The van der Waals surface area contributed by atoms with Gasteiger partial charge in [0.1, 0.15) is 0 Å². The van der Waals surface area contributed by atoms with Crippen LogP contribution in [0.15, 0.2) is 24.3 Å². The summed E-state index contributed by atoms with van der Waals surface area (Å²) in [6.45, 7) is 4.91. The van der Waals surface area contributed by atoms with Crippen molar-refractivity contribution in [3.8, 4) is 0 Å². The summed E-state index contributed by atoms with van der Waals surface area (Å²) >= 11 is 0. The Balaban J connectivity index is 2.16. The first kappa shape index (κ1) is 24.2. The number of hydrogen-bond acceptors (Lipinski definition) is 2. The van der Waals surface area contributed by atoms with Crippen LogP contribution in [0, 0.1) is 0 Å². The van der Waals surface area contributed by atoms with Gasteiger partial charge in [0, 0.05) is 13.0 Å².